The molecule has 1 aromatic heterocycles. The van der Waals surface area contributed by atoms with Gasteiger partial charge in [-0.3, -0.25) is 0 Å². The molecule has 0 spiro atoms. The van der Waals surface area contributed by atoms with E-state index in [0.717, 1.165) is 17.6 Å². The number of benzene rings is 1. The number of aromatic nitrogens is 2. The van der Waals surface area contributed by atoms with Gasteiger partial charge in [-0.2, -0.15) is 0 Å². The van der Waals surface area contributed by atoms with Gasteiger partial charge in [0.2, 0.25) is 0 Å². The number of nitrogens with two attached hydrogens (primary N) is 1. The molecule has 0 aliphatic rings. The van der Waals surface area contributed by atoms with E-state index in [9.17, 15) is 0 Å². The second-order valence-electron chi connectivity index (χ2n) is 3.36. The zero-order chi connectivity index (χ0) is 9.26. The van der Waals surface area contributed by atoms with Crippen molar-refractivity contribution in [3.8, 4) is 0 Å². The van der Waals surface area contributed by atoms with Crippen molar-refractivity contribution in [2.24, 2.45) is 5.73 Å². The summed E-state index contributed by atoms with van der Waals surface area (Å²) in [5.41, 5.74) is 7.91. The van der Waals surface area contributed by atoms with Crippen molar-refractivity contribution in [1.82, 2.24) is 9.55 Å². The summed E-state index contributed by atoms with van der Waals surface area (Å²) in [5.74, 6) is 0. The molecule has 2 rings (SSSR count). The van der Waals surface area contributed by atoms with E-state index in [1.807, 2.05) is 31.5 Å². The molecule has 1 heterocycles. The fourth-order valence-electron chi connectivity index (χ4n) is 1.47. The standard InChI is InChI=1S/C10H13N3/c1-8(11)6-13-7-12-9-4-2-3-5-10(9)13/h2-5,7-8H,6,11H2,1H3. The minimum Gasteiger partial charge on any atom is -0.329 e. The van der Waals surface area contributed by atoms with Crippen LogP contribution in [0, 0.1) is 0 Å². The molecule has 0 aliphatic carbocycles. The predicted octanol–water partition coefficient (Wildman–Crippen LogP) is 1.38. The predicted molar refractivity (Wildman–Crippen MR) is 53.4 cm³/mol. The maximum Gasteiger partial charge on any atom is 0.0958 e. The first-order valence-corrected chi connectivity index (χ1v) is 4.43. The fraction of sp³-hybridized carbons (Fsp3) is 0.300. The molecular formula is C10H13N3. The molecule has 0 fully saturated rings. The van der Waals surface area contributed by atoms with E-state index in [2.05, 4.69) is 15.6 Å². The second kappa shape index (κ2) is 3.18. The minimum absolute atomic E-state index is 0.164. The third-order valence-corrected chi connectivity index (χ3v) is 2.01. The van der Waals surface area contributed by atoms with Crippen molar-refractivity contribution in [2.45, 2.75) is 19.5 Å². The van der Waals surface area contributed by atoms with Crippen molar-refractivity contribution in [3.63, 3.8) is 0 Å². The number of hydrogen-bond acceptors (Lipinski definition) is 2. The lowest BCUT2D eigenvalue weighted by atomic mass is 10.3. The van der Waals surface area contributed by atoms with E-state index in [4.69, 9.17) is 5.73 Å². The first-order valence-electron chi connectivity index (χ1n) is 4.43. The Morgan fingerprint density at radius 2 is 2.23 bits per heavy atom. The number of fused-ring (bicyclic) bond motifs is 1. The smallest absolute Gasteiger partial charge is 0.0958 e. The van der Waals surface area contributed by atoms with E-state index in [1.54, 1.807) is 0 Å². The molecule has 68 valence electrons. The summed E-state index contributed by atoms with van der Waals surface area (Å²) in [7, 11) is 0. The van der Waals surface area contributed by atoms with Crippen LogP contribution in [0.3, 0.4) is 0 Å². The van der Waals surface area contributed by atoms with Gasteiger partial charge in [-0.15, -0.1) is 0 Å². The van der Waals surface area contributed by atoms with E-state index >= 15 is 0 Å². The first kappa shape index (κ1) is 8.26. The molecule has 1 atom stereocenters. The highest BCUT2D eigenvalue weighted by atomic mass is 15.1. The number of imidazole rings is 1. The molecule has 1 aromatic carbocycles. The largest absolute Gasteiger partial charge is 0.329 e. The number of nitrogens with zero attached hydrogens (tertiary/aromatic N) is 2. The number of rotatable bonds is 2. The molecule has 0 aliphatic heterocycles. The van der Waals surface area contributed by atoms with Crippen LogP contribution < -0.4 is 5.73 Å². The van der Waals surface area contributed by atoms with Crippen molar-refractivity contribution in [3.05, 3.63) is 30.6 Å². The van der Waals surface area contributed by atoms with Gasteiger partial charge in [0.05, 0.1) is 17.4 Å². The van der Waals surface area contributed by atoms with Gasteiger partial charge >= 0.3 is 0 Å². The van der Waals surface area contributed by atoms with Crippen LogP contribution in [0.5, 0.6) is 0 Å². The van der Waals surface area contributed by atoms with Gasteiger partial charge in [0.15, 0.2) is 0 Å². The van der Waals surface area contributed by atoms with Crippen molar-refractivity contribution in [2.75, 3.05) is 0 Å². The van der Waals surface area contributed by atoms with Crippen LogP contribution in [0.1, 0.15) is 6.92 Å². The van der Waals surface area contributed by atoms with Gasteiger partial charge in [0, 0.05) is 12.6 Å². The molecule has 0 bridgehead atoms. The van der Waals surface area contributed by atoms with E-state index < -0.39 is 0 Å². The molecule has 2 N–H and O–H groups in total. The molecule has 13 heavy (non-hydrogen) atoms. The van der Waals surface area contributed by atoms with Crippen molar-refractivity contribution >= 4 is 11.0 Å². The Balaban J connectivity index is 2.46. The third kappa shape index (κ3) is 1.55. The lowest BCUT2D eigenvalue weighted by Crippen LogP contribution is -2.21. The zero-order valence-corrected chi connectivity index (χ0v) is 7.64. The Hall–Kier alpha value is -1.35. The van der Waals surface area contributed by atoms with Gasteiger partial charge in [-0.25, -0.2) is 4.98 Å². The van der Waals surface area contributed by atoms with Crippen molar-refractivity contribution < 1.29 is 0 Å². The Bertz CT molecular complexity index is 403. The molecule has 0 saturated heterocycles. The quantitative estimate of drug-likeness (QED) is 0.749. The van der Waals surface area contributed by atoms with E-state index in [1.165, 1.54) is 0 Å². The van der Waals surface area contributed by atoms with Crippen molar-refractivity contribution in [1.29, 1.82) is 0 Å². The van der Waals surface area contributed by atoms with Crippen LogP contribution in [0.4, 0.5) is 0 Å². The Labute approximate surface area is 77.2 Å². The lowest BCUT2D eigenvalue weighted by Gasteiger charge is -2.06. The average molecular weight is 175 g/mol. The molecule has 1 unspecified atom stereocenters. The van der Waals surface area contributed by atoms with Crippen LogP contribution in [0.15, 0.2) is 30.6 Å². The number of para-hydroxylation sites is 2. The maximum atomic E-state index is 5.73. The Kier molecular flexibility index (Phi) is 2.02. The third-order valence-electron chi connectivity index (χ3n) is 2.01. The zero-order valence-electron chi connectivity index (χ0n) is 7.64. The molecule has 0 radical (unpaired) electrons. The summed E-state index contributed by atoms with van der Waals surface area (Å²) in [6, 6.07) is 8.24. The topological polar surface area (TPSA) is 43.8 Å². The summed E-state index contributed by atoms with van der Waals surface area (Å²) < 4.78 is 2.08. The van der Waals surface area contributed by atoms with Crippen LogP contribution in [-0.4, -0.2) is 15.6 Å². The Morgan fingerprint density at radius 1 is 1.46 bits per heavy atom. The van der Waals surface area contributed by atoms with Gasteiger partial charge in [0.1, 0.15) is 0 Å². The summed E-state index contributed by atoms with van der Waals surface area (Å²) in [6.07, 6.45) is 1.84. The van der Waals surface area contributed by atoms with Gasteiger partial charge in [-0.05, 0) is 19.1 Å². The first-order chi connectivity index (χ1) is 6.27. The molecule has 3 nitrogen and oxygen atoms in total. The highest BCUT2D eigenvalue weighted by molar-refractivity contribution is 5.74. The normalized spacial score (nSPS) is 13.4. The van der Waals surface area contributed by atoms with Crippen LogP contribution in [0.25, 0.3) is 11.0 Å². The lowest BCUT2D eigenvalue weighted by molar-refractivity contribution is 0.602. The summed E-state index contributed by atoms with van der Waals surface area (Å²) in [6.45, 7) is 2.81. The highest BCUT2D eigenvalue weighted by Crippen LogP contribution is 2.11. The fourth-order valence-corrected chi connectivity index (χ4v) is 1.47. The van der Waals surface area contributed by atoms with Crippen LogP contribution >= 0.6 is 0 Å². The van der Waals surface area contributed by atoms with E-state index in [-0.39, 0.29) is 6.04 Å². The van der Waals surface area contributed by atoms with Crippen LogP contribution in [-0.2, 0) is 6.54 Å². The summed E-state index contributed by atoms with van der Waals surface area (Å²) in [5, 5.41) is 0. The van der Waals surface area contributed by atoms with Crippen LogP contribution in [0.2, 0.25) is 0 Å². The molecule has 0 amide bonds. The van der Waals surface area contributed by atoms with Gasteiger partial charge in [0.25, 0.3) is 0 Å². The second-order valence-corrected chi connectivity index (χ2v) is 3.36. The monoisotopic (exact) mass is 175 g/mol. The van der Waals surface area contributed by atoms with E-state index in [0.29, 0.717) is 0 Å². The summed E-state index contributed by atoms with van der Waals surface area (Å²) >= 11 is 0. The molecule has 3 heteroatoms. The summed E-state index contributed by atoms with van der Waals surface area (Å²) in [4.78, 5) is 4.28. The average Bonchev–Trinajstić information content (AvgIpc) is 2.48. The highest BCUT2D eigenvalue weighted by Gasteiger charge is 2.02. The Morgan fingerprint density at radius 3 is 3.00 bits per heavy atom. The molecule has 2 aromatic rings. The molecular weight excluding hydrogens is 162 g/mol. The number of hydrogen-bond donors (Lipinski definition) is 1. The van der Waals surface area contributed by atoms with Gasteiger partial charge in [-0.1, -0.05) is 12.1 Å². The molecule has 0 saturated carbocycles. The minimum atomic E-state index is 0.164. The van der Waals surface area contributed by atoms with Gasteiger partial charge < -0.3 is 10.3 Å². The SMILES string of the molecule is CC(N)Cn1cnc2ccccc21. The maximum absolute atomic E-state index is 5.73.